The number of hydrogen-bond acceptors (Lipinski definition) is 7. The van der Waals surface area contributed by atoms with Gasteiger partial charge >= 0.3 is 11.9 Å². The van der Waals surface area contributed by atoms with Crippen molar-refractivity contribution in [2.45, 2.75) is 140 Å². The first-order valence-electron chi connectivity index (χ1n) is 22.5. The Morgan fingerprint density at radius 2 is 1.83 bits per heavy atom. The number of nitrogens with zero attached hydrogens (tertiary/aromatic N) is 2. The number of benzene rings is 1. The van der Waals surface area contributed by atoms with Gasteiger partial charge in [-0.05, 0) is 137 Å². The summed E-state index contributed by atoms with van der Waals surface area (Å²) in [6, 6.07) is 8.12. The molecule has 3 saturated carbocycles. The Bertz CT molecular complexity index is 1800. The second-order valence-electron chi connectivity index (χ2n) is 20.1. The maximum atomic E-state index is 15.2. The Labute approximate surface area is 322 Å². The summed E-state index contributed by atoms with van der Waals surface area (Å²) < 4.78 is 13.9. The molecule has 1 aromatic rings. The molecule has 7 nitrogen and oxygen atoms in total. The van der Waals surface area contributed by atoms with Crippen LogP contribution in [0.5, 0.6) is 0 Å². The number of carbonyl (C=O) groups excluding carboxylic acids is 2. The molecule has 0 radical (unpaired) electrons. The first-order chi connectivity index (χ1) is 26.3. The maximum Gasteiger partial charge on any atom is 0.339 e. The molecule has 7 fully saturated rings. The predicted molar refractivity (Wildman–Crippen MR) is 208 cm³/mol. The highest BCUT2D eigenvalue weighted by atomic mass is 16.6. The molecule has 9 aliphatic heterocycles. The molecule has 14 rings (SSSR count). The van der Waals surface area contributed by atoms with Crippen LogP contribution in [0.15, 0.2) is 41.7 Å². The number of ether oxygens (including phenoxy) is 2. The van der Waals surface area contributed by atoms with E-state index in [2.05, 4.69) is 54.0 Å². The van der Waals surface area contributed by atoms with Crippen molar-refractivity contribution >= 4 is 11.9 Å². The summed E-state index contributed by atoms with van der Waals surface area (Å²) in [6.07, 6.45) is 22.8. The summed E-state index contributed by atoms with van der Waals surface area (Å²) in [5.41, 5.74) is 7.85. The van der Waals surface area contributed by atoms with Gasteiger partial charge in [0.15, 0.2) is 5.60 Å². The van der Waals surface area contributed by atoms with Gasteiger partial charge in [-0.25, -0.2) is 4.79 Å². The van der Waals surface area contributed by atoms with Crippen molar-refractivity contribution in [3.05, 3.63) is 58.4 Å². The summed E-state index contributed by atoms with van der Waals surface area (Å²) >= 11 is 0. The molecule has 9 heterocycles. The van der Waals surface area contributed by atoms with Gasteiger partial charge in [-0.1, -0.05) is 63.0 Å². The highest BCUT2D eigenvalue weighted by Gasteiger charge is 2.91. The minimum Gasteiger partial charge on any atom is -0.449 e. The van der Waals surface area contributed by atoms with Gasteiger partial charge in [0.25, 0.3) is 0 Å². The molecular formula is C47H63N3O4. The monoisotopic (exact) mass is 733 g/mol. The Hall–Kier alpha value is -2.48. The third kappa shape index (κ3) is 4.36. The first kappa shape index (κ1) is 34.7. The van der Waals surface area contributed by atoms with E-state index in [4.69, 9.17) is 15.2 Å². The lowest BCUT2D eigenvalue weighted by molar-refractivity contribution is -0.271. The van der Waals surface area contributed by atoms with Crippen LogP contribution in [0.1, 0.15) is 132 Å². The minimum absolute atomic E-state index is 0.0766. The van der Waals surface area contributed by atoms with Crippen molar-refractivity contribution in [2.75, 3.05) is 26.2 Å². The topological polar surface area (TPSA) is 85.1 Å². The average molecular weight is 734 g/mol. The van der Waals surface area contributed by atoms with E-state index in [1.54, 1.807) is 0 Å². The van der Waals surface area contributed by atoms with Crippen LogP contribution in [0.4, 0.5) is 0 Å². The van der Waals surface area contributed by atoms with E-state index >= 15 is 4.79 Å². The lowest BCUT2D eigenvalue weighted by Gasteiger charge is -2.69. The summed E-state index contributed by atoms with van der Waals surface area (Å²) in [4.78, 5) is 35.7. The van der Waals surface area contributed by atoms with Crippen LogP contribution in [0.25, 0.3) is 0 Å². The van der Waals surface area contributed by atoms with E-state index in [1.807, 2.05) is 0 Å². The highest BCUT2D eigenvalue weighted by Crippen LogP contribution is 2.84. The third-order valence-corrected chi connectivity index (χ3v) is 17.7. The number of nitrogens with two attached hydrogens (primary N) is 1. The van der Waals surface area contributed by atoms with Crippen molar-refractivity contribution in [2.24, 2.45) is 58.0 Å². The summed E-state index contributed by atoms with van der Waals surface area (Å²) in [6.45, 7) is 8.99. The molecular weight excluding hydrogens is 671 g/mol. The van der Waals surface area contributed by atoms with Crippen molar-refractivity contribution in [1.82, 2.24) is 9.80 Å². The molecule has 290 valence electrons. The number of fused-ring (bicyclic) bond motifs is 2. The van der Waals surface area contributed by atoms with Gasteiger partial charge in [-0.3, -0.25) is 14.6 Å². The Kier molecular flexibility index (Phi) is 8.05. The quantitative estimate of drug-likeness (QED) is 0.235. The average Bonchev–Trinajstić information content (AvgIpc) is 3.87. The van der Waals surface area contributed by atoms with Gasteiger partial charge in [-0.2, -0.15) is 0 Å². The lowest BCUT2D eigenvalue weighted by atomic mass is 9.31. The molecule has 4 aliphatic carbocycles. The Morgan fingerprint density at radius 1 is 0.963 bits per heavy atom. The fraction of sp³-hybridized carbons (Fsp3) is 0.745. The maximum absolute atomic E-state index is 15.2. The number of rotatable bonds is 6. The molecule has 0 aromatic heterocycles. The standard InChI is InChI=1S/C47H63N3O4/c1-3-8-39-45-24-33-18-19-46(45,47(39)36-13-6-11-31(12-7-20-48)41(36)43(51)54-47)40(53-44(45)52)17-16-37(30-9-4-5-10-30)49-25-29-23-34(27-49)38-15-14-32-21-28(2)22-35(33)42(32)50(38)26-29/h6,11,13,17,24,28-30,32,34-35,37-39,42H,3-5,7-10,12,14-16,18-23,25-27,48H2,1-2H3/t28-,29-,32+,34-,35-,37-,38+,39+,42?,45-,46+,47-/m0/s1. The van der Waals surface area contributed by atoms with Crippen LogP contribution < -0.4 is 5.73 Å². The molecule has 54 heavy (non-hydrogen) atoms. The number of esters is 2. The zero-order valence-electron chi connectivity index (χ0n) is 32.9. The largest absolute Gasteiger partial charge is 0.449 e. The molecule has 3 unspecified atom stereocenters. The van der Waals surface area contributed by atoms with E-state index in [-0.39, 0.29) is 17.9 Å². The molecule has 13 aliphatic rings. The van der Waals surface area contributed by atoms with E-state index < -0.39 is 16.4 Å². The van der Waals surface area contributed by atoms with Gasteiger partial charge < -0.3 is 15.2 Å². The fourth-order valence-corrected chi connectivity index (χ4v) is 16.1. The van der Waals surface area contributed by atoms with Crippen LogP contribution in [0.3, 0.4) is 0 Å². The molecule has 4 saturated heterocycles. The molecule has 2 N–H and O–H groups in total. The predicted octanol–water partition coefficient (Wildman–Crippen LogP) is 7.92. The van der Waals surface area contributed by atoms with Gasteiger partial charge in [0.1, 0.15) is 11.2 Å². The van der Waals surface area contributed by atoms with Gasteiger partial charge in [-0.15, -0.1) is 0 Å². The summed E-state index contributed by atoms with van der Waals surface area (Å²) in [5.74, 6) is 4.46. The SMILES string of the molecule is CCC[C@@H]1[C@]23C=C4CC[C@]2(C(=CC[C@@H](C2CCCC2)N2C[C@@H]5C[C@@H](C2)[C@H]2CC[C@@H]6C[C@H](C)C[C@@H]4C6N2C5)OC3=O)[C@@]12OC(=O)c1c(CCCN)cccc12. The van der Waals surface area contributed by atoms with Crippen LogP contribution in [0.2, 0.25) is 0 Å². The van der Waals surface area contributed by atoms with Gasteiger partial charge in [0, 0.05) is 49.2 Å². The van der Waals surface area contributed by atoms with E-state index in [9.17, 15) is 4.79 Å². The Balaban J connectivity index is 1.13. The van der Waals surface area contributed by atoms with Crippen LogP contribution in [-0.4, -0.2) is 66.0 Å². The first-order valence-corrected chi connectivity index (χ1v) is 22.5. The number of aryl methyl sites for hydroxylation is 1. The van der Waals surface area contributed by atoms with E-state index in [0.717, 1.165) is 85.1 Å². The molecule has 7 heteroatoms. The van der Waals surface area contributed by atoms with Crippen molar-refractivity contribution in [3.8, 4) is 0 Å². The third-order valence-electron chi connectivity index (χ3n) is 17.7. The van der Waals surface area contributed by atoms with Crippen molar-refractivity contribution < 1.29 is 19.1 Å². The molecule has 10 bridgehead atoms. The zero-order chi connectivity index (χ0) is 36.6. The highest BCUT2D eigenvalue weighted by molar-refractivity contribution is 5.99. The summed E-state index contributed by atoms with van der Waals surface area (Å²) in [7, 11) is 0. The molecule has 1 aromatic carbocycles. The number of hydrogen-bond donors (Lipinski definition) is 1. The molecule has 2 spiro atoms. The number of carbonyl (C=O) groups is 2. The van der Waals surface area contributed by atoms with Crippen LogP contribution >= 0.6 is 0 Å². The minimum atomic E-state index is -0.912. The second kappa shape index (κ2) is 12.5. The second-order valence-corrected chi connectivity index (χ2v) is 20.1. The molecule has 14 atom stereocenters. The normalized spacial score (nSPS) is 47.0. The van der Waals surface area contributed by atoms with Gasteiger partial charge in [0.05, 0.1) is 11.0 Å². The van der Waals surface area contributed by atoms with E-state index in [1.165, 1.54) is 83.0 Å². The lowest BCUT2D eigenvalue weighted by Crippen LogP contribution is -2.75. The van der Waals surface area contributed by atoms with Crippen molar-refractivity contribution in [1.29, 1.82) is 0 Å². The zero-order valence-corrected chi connectivity index (χ0v) is 32.9. The fourth-order valence-electron chi connectivity index (χ4n) is 16.1. The van der Waals surface area contributed by atoms with Gasteiger partial charge in [0.2, 0.25) is 0 Å². The number of piperidine rings is 3. The molecule has 0 amide bonds. The summed E-state index contributed by atoms with van der Waals surface area (Å²) in [5, 5.41) is 0. The Morgan fingerprint density at radius 3 is 2.67 bits per heavy atom. The van der Waals surface area contributed by atoms with E-state index in [0.29, 0.717) is 42.4 Å². The van der Waals surface area contributed by atoms with Crippen molar-refractivity contribution in [3.63, 3.8) is 0 Å². The smallest absolute Gasteiger partial charge is 0.339 e. The van der Waals surface area contributed by atoms with Crippen LogP contribution in [0, 0.1) is 52.3 Å². The van der Waals surface area contributed by atoms with Crippen LogP contribution in [-0.2, 0) is 26.3 Å².